The Morgan fingerprint density at radius 1 is 1.11 bits per heavy atom. The molecule has 2 aromatic carbocycles. The lowest BCUT2D eigenvalue weighted by Crippen LogP contribution is -2.50. The van der Waals surface area contributed by atoms with Gasteiger partial charge in [0, 0.05) is 17.3 Å². The summed E-state index contributed by atoms with van der Waals surface area (Å²) in [4.78, 5) is 38.2. The van der Waals surface area contributed by atoms with E-state index < -0.39 is 30.5 Å². The number of carbonyl (C=O) groups excluding carboxylic acids is 3. The number of ether oxygens (including phenoxy) is 2. The number of para-hydroxylation sites is 2. The summed E-state index contributed by atoms with van der Waals surface area (Å²) in [6.45, 7) is 5.92. The van der Waals surface area contributed by atoms with Crippen LogP contribution in [0.1, 0.15) is 28.1 Å². The van der Waals surface area contributed by atoms with Gasteiger partial charge in [-0.15, -0.1) is 0 Å². The minimum atomic E-state index is -0.984. The van der Waals surface area contributed by atoms with Crippen molar-refractivity contribution in [2.24, 2.45) is 5.73 Å². The number of nitrogens with two attached hydrogens (primary N) is 1. The molecule has 0 aliphatic carbocycles. The molecule has 0 radical (unpaired) electrons. The van der Waals surface area contributed by atoms with Crippen molar-refractivity contribution >= 4 is 29.5 Å². The van der Waals surface area contributed by atoms with Crippen LogP contribution in [0.15, 0.2) is 54.6 Å². The van der Waals surface area contributed by atoms with Gasteiger partial charge in [-0.05, 0) is 44.5 Å². The molecule has 1 aliphatic heterocycles. The lowest BCUT2D eigenvalue weighted by molar-refractivity contribution is -0.143. The standard InChI is InChI=1S/C27H28N4O5/c1-17-8-10-20(11-9-17)14-31-19(3)21(18(2)29-31)12-13-26(33)35-16-25(32)30-15-24(27(28)34)36-23-7-5-4-6-22(23)30/h4-13,24H,14-16H2,1-3H3,(H2,28,34)/b13-12+/t24-/m1/s1. The first-order valence-electron chi connectivity index (χ1n) is 11.5. The number of nitrogens with zero attached hydrogens (tertiary/aromatic N) is 3. The number of primary amides is 1. The van der Waals surface area contributed by atoms with Gasteiger partial charge in [0.25, 0.3) is 11.8 Å². The summed E-state index contributed by atoms with van der Waals surface area (Å²) < 4.78 is 12.6. The second-order valence-electron chi connectivity index (χ2n) is 8.65. The zero-order valence-electron chi connectivity index (χ0n) is 20.4. The predicted molar refractivity (Wildman–Crippen MR) is 134 cm³/mol. The van der Waals surface area contributed by atoms with Gasteiger partial charge in [-0.25, -0.2) is 4.79 Å². The number of hydrogen-bond donors (Lipinski definition) is 1. The number of fused-ring (bicyclic) bond motifs is 1. The van der Waals surface area contributed by atoms with E-state index in [1.54, 1.807) is 30.3 Å². The molecule has 1 aliphatic rings. The van der Waals surface area contributed by atoms with E-state index in [4.69, 9.17) is 15.2 Å². The third-order valence-corrected chi connectivity index (χ3v) is 6.01. The first kappa shape index (κ1) is 24.7. The van der Waals surface area contributed by atoms with Crippen molar-refractivity contribution in [2.75, 3.05) is 18.1 Å². The van der Waals surface area contributed by atoms with E-state index in [0.717, 1.165) is 22.5 Å². The monoisotopic (exact) mass is 488 g/mol. The Morgan fingerprint density at radius 2 is 1.83 bits per heavy atom. The van der Waals surface area contributed by atoms with Crippen LogP contribution in [0.4, 0.5) is 5.69 Å². The van der Waals surface area contributed by atoms with Gasteiger partial charge in [0.1, 0.15) is 5.75 Å². The number of benzene rings is 2. The fourth-order valence-corrected chi connectivity index (χ4v) is 4.00. The van der Waals surface area contributed by atoms with Crippen LogP contribution in [0, 0.1) is 20.8 Å². The largest absolute Gasteiger partial charge is 0.477 e. The highest BCUT2D eigenvalue weighted by molar-refractivity contribution is 5.99. The van der Waals surface area contributed by atoms with E-state index in [9.17, 15) is 14.4 Å². The lowest BCUT2D eigenvalue weighted by atomic mass is 10.1. The maximum atomic E-state index is 12.8. The molecule has 0 fully saturated rings. The highest BCUT2D eigenvalue weighted by Gasteiger charge is 2.32. The molecule has 0 spiro atoms. The Labute approximate surface area is 209 Å². The molecule has 0 bridgehead atoms. The Hall–Kier alpha value is -4.40. The molecule has 9 nitrogen and oxygen atoms in total. The quantitative estimate of drug-likeness (QED) is 0.404. The van der Waals surface area contributed by atoms with Crippen LogP contribution < -0.4 is 15.4 Å². The number of carbonyl (C=O) groups is 3. The van der Waals surface area contributed by atoms with Crippen LogP contribution in [-0.2, 0) is 25.7 Å². The number of amides is 2. The second kappa shape index (κ2) is 10.5. The zero-order chi connectivity index (χ0) is 25.8. The topological polar surface area (TPSA) is 117 Å². The summed E-state index contributed by atoms with van der Waals surface area (Å²) in [6.07, 6.45) is 1.94. The SMILES string of the molecule is Cc1ccc(Cn2nc(C)c(/C=C/C(=O)OCC(=O)N3C[C@H](C(N)=O)Oc4ccccc43)c2C)cc1. The molecule has 1 aromatic heterocycles. The van der Waals surface area contributed by atoms with Crippen LogP contribution in [0.25, 0.3) is 6.08 Å². The summed E-state index contributed by atoms with van der Waals surface area (Å²) in [7, 11) is 0. The molecule has 2 amide bonds. The number of esters is 1. The average molecular weight is 489 g/mol. The van der Waals surface area contributed by atoms with Gasteiger partial charge in [-0.2, -0.15) is 5.10 Å². The highest BCUT2D eigenvalue weighted by Crippen LogP contribution is 2.33. The minimum Gasteiger partial charge on any atom is -0.477 e. The summed E-state index contributed by atoms with van der Waals surface area (Å²) in [5.41, 5.74) is 10.7. The van der Waals surface area contributed by atoms with Crippen molar-refractivity contribution in [3.8, 4) is 5.75 Å². The molecule has 1 atom stereocenters. The van der Waals surface area contributed by atoms with E-state index in [0.29, 0.717) is 18.0 Å². The number of rotatable bonds is 7. The van der Waals surface area contributed by atoms with Crippen molar-refractivity contribution in [3.05, 3.63) is 82.7 Å². The minimum absolute atomic E-state index is 0.0584. The molecular formula is C27H28N4O5. The normalized spacial score (nSPS) is 14.9. The van der Waals surface area contributed by atoms with Crippen LogP contribution in [0.2, 0.25) is 0 Å². The van der Waals surface area contributed by atoms with Gasteiger partial charge in [-0.1, -0.05) is 42.0 Å². The molecule has 0 saturated heterocycles. The molecule has 0 unspecified atom stereocenters. The van der Waals surface area contributed by atoms with Gasteiger partial charge in [0.15, 0.2) is 12.7 Å². The Kier molecular flexibility index (Phi) is 7.19. The molecule has 9 heteroatoms. The van der Waals surface area contributed by atoms with Crippen molar-refractivity contribution in [1.82, 2.24) is 9.78 Å². The van der Waals surface area contributed by atoms with Crippen molar-refractivity contribution in [2.45, 2.75) is 33.4 Å². The van der Waals surface area contributed by atoms with Gasteiger partial charge < -0.3 is 20.1 Å². The number of hydrogen-bond acceptors (Lipinski definition) is 6. The molecular weight excluding hydrogens is 460 g/mol. The number of anilines is 1. The fourth-order valence-electron chi connectivity index (χ4n) is 4.00. The Morgan fingerprint density at radius 3 is 2.56 bits per heavy atom. The second-order valence-corrected chi connectivity index (χ2v) is 8.65. The van der Waals surface area contributed by atoms with Crippen molar-refractivity contribution < 1.29 is 23.9 Å². The van der Waals surface area contributed by atoms with Crippen LogP contribution in [0.3, 0.4) is 0 Å². The predicted octanol–water partition coefficient (Wildman–Crippen LogP) is 2.69. The molecule has 0 saturated carbocycles. The van der Waals surface area contributed by atoms with Crippen LogP contribution in [-0.4, -0.2) is 46.8 Å². The summed E-state index contributed by atoms with van der Waals surface area (Å²) in [6, 6.07) is 15.0. The third-order valence-electron chi connectivity index (χ3n) is 6.01. The Balaban J connectivity index is 1.39. The van der Waals surface area contributed by atoms with Gasteiger partial charge in [0.2, 0.25) is 0 Å². The summed E-state index contributed by atoms with van der Waals surface area (Å²) in [5.74, 6) is -1.48. The van der Waals surface area contributed by atoms with E-state index in [1.165, 1.54) is 16.5 Å². The molecule has 2 heterocycles. The van der Waals surface area contributed by atoms with Gasteiger partial charge in [0.05, 0.1) is 24.5 Å². The van der Waals surface area contributed by atoms with Crippen molar-refractivity contribution in [1.29, 1.82) is 0 Å². The molecule has 186 valence electrons. The summed E-state index contributed by atoms with van der Waals surface area (Å²) >= 11 is 0. The number of aromatic nitrogens is 2. The lowest BCUT2D eigenvalue weighted by Gasteiger charge is -2.33. The molecule has 4 rings (SSSR count). The van der Waals surface area contributed by atoms with E-state index in [2.05, 4.69) is 29.4 Å². The van der Waals surface area contributed by atoms with Gasteiger partial charge in [-0.3, -0.25) is 14.3 Å². The molecule has 3 aromatic rings. The smallest absolute Gasteiger partial charge is 0.331 e. The Bertz CT molecular complexity index is 1330. The first-order chi connectivity index (χ1) is 17.2. The van der Waals surface area contributed by atoms with Crippen LogP contribution >= 0.6 is 0 Å². The van der Waals surface area contributed by atoms with E-state index >= 15 is 0 Å². The van der Waals surface area contributed by atoms with E-state index in [-0.39, 0.29) is 6.54 Å². The fraction of sp³-hybridized carbons (Fsp3) is 0.259. The van der Waals surface area contributed by atoms with Gasteiger partial charge >= 0.3 is 5.97 Å². The maximum absolute atomic E-state index is 12.8. The summed E-state index contributed by atoms with van der Waals surface area (Å²) in [5, 5.41) is 4.59. The number of aryl methyl sites for hydroxylation is 2. The zero-order valence-corrected chi connectivity index (χ0v) is 20.4. The third kappa shape index (κ3) is 5.46. The van der Waals surface area contributed by atoms with E-state index in [1.807, 2.05) is 25.5 Å². The molecule has 2 N–H and O–H groups in total. The average Bonchev–Trinajstić information content (AvgIpc) is 3.13. The van der Waals surface area contributed by atoms with Crippen molar-refractivity contribution in [3.63, 3.8) is 0 Å². The van der Waals surface area contributed by atoms with Crippen LogP contribution in [0.5, 0.6) is 5.75 Å². The molecule has 36 heavy (non-hydrogen) atoms. The maximum Gasteiger partial charge on any atom is 0.331 e. The highest BCUT2D eigenvalue weighted by atomic mass is 16.5. The first-order valence-corrected chi connectivity index (χ1v) is 11.5.